The summed E-state index contributed by atoms with van der Waals surface area (Å²) in [6.45, 7) is 4.41. The van der Waals surface area contributed by atoms with Crippen LogP contribution in [-0.4, -0.2) is 58.4 Å². The molecule has 0 unspecified atom stereocenters. The summed E-state index contributed by atoms with van der Waals surface area (Å²) in [5, 5.41) is 19.1. The van der Waals surface area contributed by atoms with Crippen LogP contribution in [0.1, 0.15) is 0 Å². The Morgan fingerprint density at radius 1 is 1.48 bits per heavy atom. The van der Waals surface area contributed by atoms with Crippen molar-refractivity contribution in [2.24, 2.45) is 0 Å². The lowest BCUT2D eigenvalue weighted by Gasteiger charge is -2.35. The molecule has 1 fully saturated rings. The summed E-state index contributed by atoms with van der Waals surface area (Å²) in [5.74, 6) is -5.42. The lowest BCUT2D eigenvalue weighted by Crippen LogP contribution is -2.60. The van der Waals surface area contributed by atoms with Gasteiger partial charge in [0.05, 0.1) is 14.7 Å². The van der Waals surface area contributed by atoms with E-state index >= 15 is 0 Å². The highest BCUT2D eigenvalue weighted by Crippen LogP contribution is 2.48. The van der Waals surface area contributed by atoms with Gasteiger partial charge in [-0.2, -0.15) is 13.8 Å². The van der Waals surface area contributed by atoms with E-state index in [0.717, 1.165) is 12.3 Å². The van der Waals surface area contributed by atoms with Crippen LogP contribution in [0.25, 0.3) is 0 Å². The number of carbonyl (C=O) groups is 1. The van der Waals surface area contributed by atoms with Crippen molar-refractivity contribution in [2.45, 2.75) is 49.5 Å². The molecule has 2 rings (SSSR count). The minimum Gasteiger partial charge on any atom is -0.394 e. The molecular formula is C14H21F2N3O5Si. The Morgan fingerprint density at radius 3 is 2.52 bits per heavy atom. The maximum absolute atomic E-state index is 15.0. The number of anilines is 1. The van der Waals surface area contributed by atoms with Gasteiger partial charge in [0.2, 0.25) is 0 Å². The Labute approximate surface area is 143 Å². The molecule has 0 saturated carbocycles. The largest absolute Gasteiger partial charge is 0.394 e. The molecule has 0 aliphatic carbocycles. The van der Waals surface area contributed by atoms with Gasteiger partial charge in [0.25, 0.3) is 5.72 Å². The van der Waals surface area contributed by atoms with E-state index < -0.39 is 50.0 Å². The third-order valence-corrected chi connectivity index (χ3v) is 5.29. The average Bonchev–Trinajstić information content (AvgIpc) is 2.66. The molecule has 0 aromatic carbocycles. The zero-order valence-electron chi connectivity index (χ0n) is 14.1. The minimum absolute atomic E-state index is 0.213. The first-order chi connectivity index (χ1) is 11.4. The van der Waals surface area contributed by atoms with E-state index in [4.69, 9.17) is 10.5 Å². The molecule has 1 saturated heterocycles. The maximum Gasteiger partial charge on any atom is 0.352 e. The molecule has 140 valence electrons. The quantitative estimate of drug-likeness (QED) is 0.605. The normalized spacial score (nSPS) is 28.9. The molecule has 1 aromatic heterocycles. The van der Waals surface area contributed by atoms with Gasteiger partial charge in [-0.1, -0.05) is 19.6 Å². The van der Waals surface area contributed by atoms with Gasteiger partial charge in [-0.25, -0.2) is 4.79 Å². The standard InChI is InChI=1S/C14H21F2N3O5Si/c1-25(2,3)7-9(21)14(19-5-4-10(17)18-12(19)23)13(15,16)11(22)8(6-20)24-14/h4-5,8,11,20,22H,6-7H2,1-3H3,(H2,17,18,23)/t8-,11-,14-/m1/s1. The van der Waals surface area contributed by atoms with Gasteiger partial charge in [0.1, 0.15) is 11.9 Å². The van der Waals surface area contributed by atoms with Crippen LogP contribution in [0, 0.1) is 0 Å². The monoisotopic (exact) mass is 377 g/mol. The SMILES string of the molecule is C[Si](C)(C)CC(=O)[C@@]1(n2ccc(N)nc2=O)O[C@H](CO)[C@@H](O)C1(F)F. The fourth-order valence-corrected chi connectivity index (χ4v) is 4.00. The van der Waals surface area contributed by atoms with E-state index in [1.165, 1.54) is 0 Å². The smallest absolute Gasteiger partial charge is 0.352 e. The van der Waals surface area contributed by atoms with E-state index in [9.17, 15) is 28.6 Å². The van der Waals surface area contributed by atoms with Crippen LogP contribution in [0.4, 0.5) is 14.6 Å². The molecule has 8 nitrogen and oxygen atoms in total. The summed E-state index contributed by atoms with van der Waals surface area (Å²) in [7, 11) is -2.18. The van der Waals surface area contributed by atoms with Gasteiger partial charge in [0, 0.05) is 12.2 Å². The van der Waals surface area contributed by atoms with Crippen molar-refractivity contribution in [1.82, 2.24) is 9.55 Å². The highest BCUT2D eigenvalue weighted by molar-refractivity contribution is 6.78. The predicted molar refractivity (Wildman–Crippen MR) is 87.0 cm³/mol. The van der Waals surface area contributed by atoms with Crippen LogP contribution in [0.2, 0.25) is 25.7 Å². The number of nitrogens with two attached hydrogens (primary N) is 1. The van der Waals surface area contributed by atoms with Gasteiger partial charge < -0.3 is 20.7 Å². The molecule has 3 atom stereocenters. The number of carbonyl (C=O) groups excluding carboxylic acids is 1. The third kappa shape index (κ3) is 3.12. The summed E-state index contributed by atoms with van der Waals surface area (Å²) in [6.07, 6.45) is -3.31. The molecule has 4 N–H and O–H groups in total. The number of ketones is 1. The Balaban J connectivity index is 2.73. The number of nitrogen functional groups attached to an aromatic ring is 1. The number of aromatic nitrogens is 2. The van der Waals surface area contributed by atoms with Gasteiger partial charge in [-0.3, -0.25) is 9.36 Å². The summed E-state index contributed by atoms with van der Waals surface area (Å²) in [5.41, 5.74) is 1.08. The van der Waals surface area contributed by atoms with Crippen molar-refractivity contribution in [1.29, 1.82) is 0 Å². The number of ether oxygens (including phenoxy) is 1. The molecule has 25 heavy (non-hydrogen) atoms. The highest BCUT2D eigenvalue weighted by atomic mass is 28.3. The second-order valence-electron chi connectivity index (χ2n) is 7.22. The van der Waals surface area contributed by atoms with Crippen LogP contribution >= 0.6 is 0 Å². The van der Waals surface area contributed by atoms with Crippen LogP contribution in [0.5, 0.6) is 0 Å². The zero-order valence-corrected chi connectivity index (χ0v) is 15.1. The van der Waals surface area contributed by atoms with Crippen molar-refractivity contribution in [3.8, 4) is 0 Å². The third-order valence-electron chi connectivity index (χ3n) is 3.91. The number of Topliss-reactive ketones (excluding diaryl/α,β-unsaturated/α-hetero) is 1. The summed E-state index contributed by atoms with van der Waals surface area (Å²) >= 11 is 0. The van der Waals surface area contributed by atoms with Crippen molar-refractivity contribution in [3.05, 3.63) is 22.7 Å². The number of halogens is 2. The molecule has 0 amide bonds. The number of hydrogen-bond acceptors (Lipinski definition) is 7. The van der Waals surface area contributed by atoms with Crippen molar-refractivity contribution in [3.63, 3.8) is 0 Å². The number of nitrogens with zero attached hydrogens (tertiary/aromatic N) is 2. The van der Waals surface area contributed by atoms with E-state index in [-0.39, 0.29) is 11.9 Å². The Morgan fingerprint density at radius 2 is 2.08 bits per heavy atom. The first-order valence-electron chi connectivity index (χ1n) is 7.60. The highest BCUT2D eigenvalue weighted by Gasteiger charge is 2.73. The predicted octanol–water partition coefficient (Wildman–Crippen LogP) is -0.227. The van der Waals surface area contributed by atoms with E-state index in [1.54, 1.807) is 19.6 Å². The Kier molecular flexibility index (Phi) is 4.89. The minimum atomic E-state index is -4.15. The van der Waals surface area contributed by atoms with E-state index in [0.29, 0.717) is 4.57 Å². The molecule has 0 bridgehead atoms. The summed E-state index contributed by atoms with van der Waals surface area (Å²) in [6, 6.07) is 0.841. The molecule has 0 radical (unpaired) electrons. The van der Waals surface area contributed by atoms with Crippen molar-refractivity contribution >= 4 is 19.7 Å². The lowest BCUT2D eigenvalue weighted by atomic mass is 9.97. The number of rotatable bonds is 5. The summed E-state index contributed by atoms with van der Waals surface area (Å²) < 4.78 is 35.4. The second kappa shape index (κ2) is 6.23. The average molecular weight is 377 g/mol. The van der Waals surface area contributed by atoms with Crippen LogP contribution < -0.4 is 11.4 Å². The molecule has 1 aliphatic heterocycles. The van der Waals surface area contributed by atoms with Gasteiger partial charge in [0.15, 0.2) is 11.9 Å². The number of hydrogen-bond donors (Lipinski definition) is 3. The number of aliphatic hydroxyl groups is 2. The number of aliphatic hydroxyl groups excluding tert-OH is 2. The van der Waals surface area contributed by atoms with Crippen LogP contribution in [-0.2, 0) is 15.3 Å². The van der Waals surface area contributed by atoms with E-state index in [1.807, 2.05) is 0 Å². The van der Waals surface area contributed by atoms with Crippen molar-refractivity contribution < 1.29 is 28.5 Å². The lowest BCUT2D eigenvalue weighted by molar-refractivity contribution is -0.215. The van der Waals surface area contributed by atoms with Gasteiger partial charge in [-0.15, -0.1) is 0 Å². The first kappa shape index (κ1) is 19.6. The maximum atomic E-state index is 15.0. The van der Waals surface area contributed by atoms with Gasteiger partial charge in [-0.05, 0) is 6.07 Å². The second-order valence-corrected chi connectivity index (χ2v) is 12.7. The van der Waals surface area contributed by atoms with Crippen LogP contribution in [0.3, 0.4) is 0 Å². The molecule has 1 aromatic rings. The van der Waals surface area contributed by atoms with Gasteiger partial charge >= 0.3 is 11.6 Å². The number of alkyl halides is 2. The molecule has 11 heteroatoms. The molecule has 0 spiro atoms. The topological polar surface area (TPSA) is 128 Å². The Bertz CT molecular complexity index is 736. The zero-order chi connectivity index (χ0) is 19.2. The Hall–Kier alpha value is -1.69. The fourth-order valence-electron chi connectivity index (χ4n) is 2.79. The fraction of sp³-hybridized carbons (Fsp3) is 0.643. The van der Waals surface area contributed by atoms with E-state index in [2.05, 4.69) is 4.98 Å². The van der Waals surface area contributed by atoms with Crippen molar-refractivity contribution in [2.75, 3.05) is 12.3 Å². The molecule has 2 heterocycles. The summed E-state index contributed by atoms with van der Waals surface area (Å²) in [4.78, 5) is 28.4. The van der Waals surface area contributed by atoms with Crippen LogP contribution in [0.15, 0.2) is 17.1 Å². The first-order valence-corrected chi connectivity index (χ1v) is 11.3. The molecular weight excluding hydrogens is 356 g/mol. The molecule has 1 aliphatic rings.